The van der Waals surface area contributed by atoms with Crippen molar-refractivity contribution in [2.75, 3.05) is 0 Å². The Morgan fingerprint density at radius 2 is 1.04 bits per heavy atom. The minimum absolute atomic E-state index is 1.03. The zero-order valence-corrected chi connectivity index (χ0v) is 25.5. The van der Waals surface area contributed by atoms with Gasteiger partial charge in [0, 0.05) is 33.6 Å². The van der Waals surface area contributed by atoms with E-state index in [1.54, 1.807) is 0 Å². The second-order valence-corrected chi connectivity index (χ2v) is 12.1. The molecule has 7 aromatic carbocycles. The highest BCUT2D eigenvalue weighted by Crippen LogP contribution is 2.40. The van der Waals surface area contributed by atoms with E-state index in [1.807, 2.05) is 12.3 Å². The van der Waals surface area contributed by atoms with Crippen molar-refractivity contribution >= 4 is 43.4 Å². The molecule has 2 nitrogen and oxygen atoms in total. The largest absolute Gasteiger partial charge is 0.309 e. The SMILES string of the molecule is Cc1cccnc1-c1ccc(-c2ccc3c(ccc4c5ccc(-c6ccc7ccccc7c6)cc5n(-c5ccccc5)c34)c2)cc1. The summed E-state index contributed by atoms with van der Waals surface area (Å²) >= 11 is 0. The Labute approximate surface area is 267 Å². The third-order valence-electron chi connectivity index (χ3n) is 9.34. The predicted octanol–water partition coefficient (Wildman–Crippen LogP) is 11.8. The van der Waals surface area contributed by atoms with E-state index in [2.05, 4.69) is 168 Å². The number of aromatic nitrogens is 2. The van der Waals surface area contributed by atoms with Gasteiger partial charge in [-0.3, -0.25) is 4.98 Å². The average Bonchev–Trinajstić information content (AvgIpc) is 3.46. The fourth-order valence-corrected chi connectivity index (χ4v) is 7.02. The lowest BCUT2D eigenvalue weighted by atomic mass is 9.97. The molecule has 46 heavy (non-hydrogen) atoms. The summed E-state index contributed by atoms with van der Waals surface area (Å²) in [4.78, 5) is 4.60. The molecule has 2 heteroatoms. The molecule has 0 saturated carbocycles. The van der Waals surface area contributed by atoms with Crippen LogP contribution in [0, 0.1) is 6.92 Å². The van der Waals surface area contributed by atoms with Gasteiger partial charge in [-0.1, -0.05) is 121 Å². The number of aryl methyl sites for hydroxylation is 1. The van der Waals surface area contributed by atoms with Crippen LogP contribution in [-0.2, 0) is 0 Å². The summed E-state index contributed by atoms with van der Waals surface area (Å²) in [6.45, 7) is 2.11. The Bertz CT molecular complexity index is 2570. The Morgan fingerprint density at radius 3 is 1.87 bits per heavy atom. The molecule has 0 atom stereocenters. The lowest BCUT2D eigenvalue weighted by Gasteiger charge is -2.12. The van der Waals surface area contributed by atoms with Gasteiger partial charge in [0.25, 0.3) is 0 Å². The van der Waals surface area contributed by atoms with Crippen LogP contribution in [0.5, 0.6) is 0 Å². The second-order valence-electron chi connectivity index (χ2n) is 12.1. The fourth-order valence-electron chi connectivity index (χ4n) is 7.02. The molecule has 216 valence electrons. The Kier molecular flexibility index (Phi) is 6.07. The molecule has 0 unspecified atom stereocenters. The van der Waals surface area contributed by atoms with E-state index in [0.717, 1.165) is 16.9 Å². The zero-order valence-electron chi connectivity index (χ0n) is 25.5. The van der Waals surface area contributed by atoms with Crippen LogP contribution < -0.4 is 0 Å². The Balaban J connectivity index is 1.21. The van der Waals surface area contributed by atoms with Crippen LogP contribution in [0.25, 0.3) is 82.5 Å². The number of fused-ring (bicyclic) bond motifs is 6. The van der Waals surface area contributed by atoms with Crippen LogP contribution in [-0.4, -0.2) is 9.55 Å². The third kappa shape index (κ3) is 4.30. The van der Waals surface area contributed by atoms with E-state index in [-0.39, 0.29) is 0 Å². The minimum atomic E-state index is 1.03. The van der Waals surface area contributed by atoms with Gasteiger partial charge in [-0.15, -0.1) is 0 Å². The first kappa shape index (κ1) is 26.4. The maximum absolute atomic E-state index is 4.60. The standard InChI is InChI=1S/C44H30N2/c1-29-8-7-25-45-43(29)32-16-13-31(14-17-32)34-19-22-39-37(27-34)21-24-41-40-23-20-36(35-18-15-30-9-5-6-10-33(30)26-35)28-42(40)46(44(39)41)38-11-3-2-4-12-38/h2-28H,1H3. The van der Waals surface area contributed by atoms with Crippen LogP contribution in [0.2, 0.25) is 0 Å². The lowest BCUT2D eigenvalue weighted by Crippen LogP contribution is -1.94. The van der Waals surface area contributed by atoms with Gasteiger partial charge in [0.1, 0.15) is 0 Å². The summed E-state index contributed by atoms with van der Waals surface area (Å²) in [6.07, 6.45) is 1.86. The summed E-state index contributed by atoms with van der Waals surface area (Å²) in [5.41, 5.74) is 11.8. The molecule has 0 aliphatic heterocycles. The first-order valence-corrected chi connectivity index (χ1v) is 15.8. The van der Waals surface area contributed by atoms with Gasteiger partial charge >= 0.3 is 0 Å². The predicted molar refractivity (Wildman–Crippen MR) is 195 cm³/mol. The quantitative estimate of drug-likeness (QED) is 0.201. The molecular weight excluding hydrogens is 556 g/mol. The lowest BCUT2D eigenvalue weighted by molar-refractivity contribution is 1.19. The van der Waals surface area contributed by atoms with E-state index in [4.69, 9.17) is 0 Å². The van der Waals surface area contributed by atoms with E-state index >= 15 is 0 Å². The van der Waals surface area contributed by atoms with E-state index < -0.39 is 0 Å². The minimum Gasteiger partial charge on any atom is -0.309 e. The van der Waals surface area contributed by atoms with Gasteiger partial charge in [-0.25, -0.2) is 0 Å². The molecule has 0 amide bonds. The number of hydrogen-bond acceptors (Lipinski definition) is 1. The summed E-state index contributed by atoms with van der Waals surface area (Å²) in [6, 6.07) is 57.3. The van der Waals surface area contributed by atoms with Gasteiger partial charge < -0.3 is 4.57 Å². The van der Waals surface area contributed by atoms with Crippen LogP contribution in [0.4, 0.5) is 0 Å². The third-order valence-corrected chi connectivity index (χ3v) is 9.34. The van der Waals surface area contributed by atoms with Crippen LogP contribution in [0.15, 0.2) is 164 Å². The van der Waals surface area contributed by atoms with Crippen molar-refractivity contribution in [3.05, 3.63) is 169 Å². The van der Waals surface area contributed by atoms with Gasteiger partial charge in [0.05, 0.1) is 16.7 Å². The first-order chi connectivity index (χ1) is 22.7. The smallest absolute Gasteiger partial charge is 0.0731 e. The summed E-state index contributed by atoms with van der Waals surface area (Å²) in [5, 5.41) is 7.51. The summed E-state index contributed by atoms with van der Waals surface area (Å²) in [5.74, 6) is 0. The van der Waals surface area contributed by atoms with Crippen LogP contribution >= 0.6 is 0 Å². The normalized spacial score (nSPS) is 11.6. The highest BCUT2D eigenvalue weighted by molar-refractivity contribution is 6.19. The molecule has 0 N–H and O–H groups in total. The highest BCUT2D eigenvalue weighted by atomic mass is 15.0. The zero-order chi connectivity index (χ0) is 30.6. The molecule has 9 aromatic rings. The molecular formula is C44H30N2. The molecule has 2 heterocycles. The van der Waals surface area contributed by atoms with Gasteiger partial charge in [-0.05, 0) is 87.3 Å². The van der Waals surface area contributed by atoms with Crippen molar-refractivity contribution in [1.29, 1.82) is 0 Å². The van der Waals surface area contributed by atoms with Crippen LogP contribution in [0.1, 0.15) is 5.56 Å². The van der Waals surface area contributed by atoms with Crippen molar-refractivity contribution in [3.8, 4) is 39.2 Å². The van der Waals surface area contributed by atoms with Gasteiger partial charge in [0.2, 0.25) is 0 Å². The molecule has 2 aromatic heterocycles. The molecule has 0 aliphatic carbocycles. The molecule has 0 spiro atoms. The van der Waals surface area contributed by atoms with Crippen molar-refractivity contribution in [2.45, 2.75) is 6.92 Å². The first-order valence-electron chi connectivity index (χ1n) is 15.8. The number of para-hydroxylation sites is 1. The number of rotatable bonds is 4. The number of nitrogens with zero attached hydrogens (tertiary/aromatic N) is 2. The number of pyridine rings is 1. The molecule has 0 saturated heterocycles. The number of hydrogen-bond donors (Lipinski definition) is 0. The monoisotopic (exact) mass is 586 g/mol. The summed E-state index contributed by atoms with van der Waals surface area (Å²) < 4.78 is 2.45. The van der Waals surface area contributed by atoms with E-state index in [9.17, 15) is 0 Å². The van der Waals surface area contributed by atoms with E-state index in [1.165, 1.54) is 71.2 Å². The molecule has 0 fully saturated rings. The Morgan fingerprint density at radius 1 is 0.435 bits per heavy atom. The fraction of sp³-hybridized carbons (Fsp3) is 0.0227. The van der Waals surface area contributed by atoms with Crippen molar-refractivity contribution < 1.29 is 0 Å². The second kappa shape index (κ2) is 10.6. The molecule has 0 aliphatic rings. The van der Waals surface area contributed by atoms with Crippen molar-refractivity contribution in [3.63, 3.8) is 0 Å². The topological polar surface area (TPSA) is 17.8 Å². The maximum atomic E-state index is 4.60. The average molecular weight is 587 g/mol. The molecule has 0 bridgehead atoms. The molecule has 0 radical (unpaired) electrons. The van der Waals surface area contributed by atoms with Crippen molar-refractivity contribution in [1.82, 2.24) is 9.55 Å². The highest BCUT2D eigenvalue weighted by Gasteiger charge is 2.17. The molecule has 9 rings (SSSR count). The number of benzene rings is 7. The Hall–Kier alpha value is -5.99. The maximum Gasteiger partial charge on any atom is 0.0731 e. The van der Waals surface area contributed by atoms with Gasteiger partial charge in [0.15, 0.2) is 0 Å². The summed E-state index contributed by atoms with van der Waals surface area (Å²) in [7, 11) is 0. The van der Waals surface area contributed by atoms with Gasteiger partial charge in [-0.2, -0.15) is 0 Å². The van der Waals surface area contributed by atoms with E-state index in [0.29, 0.717) is 0 Å². The van der Waals surface area contributed by atoms with Crippen LogP contribution in [0.3, 0.4) is 0 Å². The van der Waals surface area contributed by atoms with Crippen molar-refractivity contribution in [2.24, 2.45) is 0 Å².